The van der Waals surface area contributed by atoms with E-state index in [1.54, 1.807) is 0 Å². The summed E-state index contributed by atoms with van der Waals surface area (Å²) < 4.78 is 0. The molecule has 0 aliphatic carbocycles. The number of anilines is 1. The molecule has 0 heterocycles. The van der Waals surface area contributed by atoms with E-state index in [9.17, 15) is 0 Å². The molecule has 1 heteroatoms. The highest BCUT2D eigenvalue weighted by Crippen LogP contribution is 2.26. The maximum atomic E-state index is 4.25. The van der Waals surface area contributed by atoms with Crippen molar-refractivity contribution in [1.82, 2.24) is 0 Å². The molecule has 110 valence electrons. The predicted octanol–water partition coefficient (Wildman–Crippen LogP) is 5.57. The van der Waals surface area contributed by atoms with Gasteiger partial charge in [0.1, 0.15) is 0 Å². The number of benzene rings is 2. The Labute approximate surface area is 128 Å². The van der Waals surface area contributed by atoms with Crippen molar-refractivity contribution in [3.63, 3.8) is 0 Å². The second-order valence-corrected chi connectivity index (χ2v) is 5.87. The minimum Gasteiger partial charge on any atom is -0.355 e. The summed E-state index contributed by atoms with van der Waals surface area (Å²) in [4.78, 5) is 0. The Morgan fingerprint density at radius 3 is 2.29 bits per heavy atom. The molecular weight excluding hydrogens is 254 g/mol. The summed E-state index contributed by atoms with van der Waals surface area (Å²) in [5, 5.41) is 3.50. The standard InChI is InChI=1S/C20H25N/c1-7-18-9-8-13(2)10-19(18)17(6)21-20-12-15(4)14(3)11-16(20)5/h8-12,21H,6-7H2,1-5H3. The molecule has 1 N–H and O–H groups in total. The molecule has 0 aliphatic rings. The van der Waals surface area contributed by atoms with Gasteiger partial charge in [0.25, 0.3) is 0 Å². The number of hydrogen-bond acceptors (Lipinski definition) is 1. The van der Waals surface area contributed by atoms with Crippen LogP contribution >= 0.6 is 0 Å². The van der Waals surface area contributed by atoms with Crippen LogP contribution in [0.2, 0.25) is 0 Å². The van der Waals surface area contributed by atoms with Crippen LogP contribution in [0, 0.1) is 27.7 Å². The Morgan fingerprint density at radius 2 is 1.62 bits per heavy atom. The zero-order valence-electron chi connectivity index (χ0n) is 13.8. The summed E-state index contributed by atoms with van der Waals surface area (Å²) in [6.45, 7) is 15.0. The Kier molecular flexibility index (Phi) is 4.52. The summed E-state index contributed by atoms with van der Waals surface area (Å²) in [6, 6.07) is 11.0. The minimum absolute atomic E-state index is 0.974. The van der Waals surface area contributed by atoms with E-state index in [-0.39, 0.29) is 0 Å². The lowest BCUT2D eigenvalue weighted by Gasteiger charge is -2.17. The van der Waals surface area contributed by atoms with Crippen molar-refractivity contribution < 1.29 is 0 Å². The van der Waals surface area contributed by atoms with Crippen LogP contribution in [0.25, 0.3) is 5.70 Å². The zero-order valence-corrected chi connectivity index (χ0v) is 13.8. The molecule has 0 atom stereocenters. The van der Waals surface area contributed by atoms with Gasteiger partial charge < -0.3 is 5.32 Å². The Morgan fingerprint density at radius 1 is 0.952 bits per heavy atom. The van der Waals surface area contributed by atoms with Gasteiger partial charge in [0, 0.05) is 16.9 Å². The van der Waals surface area contributed by atoms with Crippen LogP contribution in [0.15, 0.2) is 36.9 Å². The first-order chi connectivity index (χ1) is 9.92. The van der Waals surface area contributed by atoms with Gasteiger partial charge in [-0.05, 0) is 68.5 Å². The van der Waals surface area contributed by atoms with Gasteiger partial charge in [0.2, 0.25) is 0 Å². The molecule has 2 rings (SSSR count). The Bertz CT molecular complexity index is 680. The molecule has 0 spiro atoms. The van der Waals surface area contributed by atoms with Crippen LogP contribution in [0.3, 0.4) is 0 Å². The van der Waals surface area contributed by atoms with Gasteiger partial charge in [0.15, 0.2) is 0 Å². The lowest BCUT2D eigenvalue weighted by molar-refractivity contribution is 1.12. The van der Waals surface area contributed by atoms with E-state index in [1.165, 1.54) is 33.4 Å². The molecule has 0 saturated carbocycles. The van der Waals surface area contributed by atoms with E-state index in [2.05, 4.69) is 76.8 Å². The molecule has 0 aliphatic heterocycles. The quantitative estimate of drug-likeness (QED) is 0.772. The highest BCUT2D eigenvalue weighted by molar-refractivity contribution is 5.78. The summed E-state index contributed by atoms with van der Waals surface area (Å²) in [6.07, 6.45) is 1.02. The lowest BCUT2D eigenvalue weighted by Crippen LogP contribution is -2.03. The predicted molar refractivity (Wildman–Crippen MR) is 93.9 cm³/mol. The van der Waals surface area contributed by atoms with Gasteiger partial charge in [0.05, 0.1) is 0 Å². The topological polar surface area (TPSA) is 12.0 Å². The molecule has 0 aromatic heterocycles. The Hall–Kier alpha value is -2.02. The summed E-state index contributed by atoms with van der Waals surface area (Å²) in [5.41, 5.74) is 9.82. The Balaban J connectivity index is 2.34. The molecule has 0 radical (unpaired) electrons. The number of hydrogen-bond donors (Lipinski definition) is 1. The van der Waals surface area contributed by atoms with Crippen LogP contribution in [0.1, 0.15) is 40.3 Å². The molecule has 2 aromatic rings. The molecule has 0 bridgehead atoms. The second kappa shape index (κ2) is 6.17. The van der Waals surface area contributed by atoms with Crippen molar-refractivity contribution in [2.24, 2.45) is 0 Å². The fraction of sp³-hybridized carbons (Fsp3) is 0.300. The van der Waals surface area contributed by atoms with E-state index in [4.69, 9.17) is 0 Å². The molecule has 2 aromatic carbocycles. The number of rotatable bonds is 4. The lowest BCUT2D eigenvalue weighted by atomic mass is 9.99. The van der Waals surface area contributed by atoms with Crippen molar-refractivity contribution in [1.29, 1.82) is 0 Å². The van der Waals surface area contributed by atoms with Gasteiger partial charge >= 0.3 is 0 Å². The first kappa shape index (κ1) is 15.4. The number of aryl methyl sites for hydroxylation is 5. The first-order valence-electron chi connectivity index (χ1n) is 7.56. The van der Waals surface area contributed by atoms with Crippen LogP contribution in [0.5, 0.6) is 0 Å². The van der Waals surface area contributed by atoms with Crippen molar-refractivity contribution in [3.05, 3.63) is 70.3 Å². The average molecular weight is 279 g/mol. The molecule has 0 fully saturated rings. The van der Waals surface area contributed by atoms with Crippen LogP contribution < -0.4 is 5.32 Å². The van der Waals surface area contributed by atoms with Gasteiger partial charge in [-0.3, -0.25) is 0 Å². The average Bonchev–Trinajstić information content (AvgIpc) is 2.44. The van der Waals surface area contributed by atoms with Crippen molar-refractivity contribution >= 4 is 11.4 Å². The van der Waals surface area contributed by atoms with Gasteiger partial charge in [-0.25, -0.2) is 0 Å². The monoisotopic (exact) mass is 279 g/mol. The highest BCUT2D eigenvalue weighted by Gasteiger charge is 2.08. The van der Waals surface area contributed by atoms with Crippen LogP contribution in [0.4, 0.5) is 5.69 Å². The SMILES string of the molecule is C=C(Nc1cc(C)c(C)cc1C)c1cc(C)ccc1CC. The molecule has 1 nitrogen and oxygen atoms in total. The van der Waals surface area contributed by atoms with Crippen molar-refractivity contribution in [2.75, 3.05) is 5.32 Å². The fourth-order valence-electron chi connectivity index (χ4n) is 2.60. The van der Waals surface area contributed by atoms with Gasteiger partial charge in [-0.1, -0.05) is 37.3 Å². The third kappa shape index (κ3) is 3.36. The molecular formula is C20H25N. The van der Waals surface area contributed by atoms with E-state index in [0.29, 0.717) is 0 Å². The minimum atomic E-state index is 0.974. The summed E-state index contributed by atoms with van der Waals surface area (Å²) in [5.74, 6) is 0. The van der Waals surface area contributed by atoms with E-state index < -0.39 is 0 Å². The van der Waals surface area contributed by atoms with Crippen molar-refractivity contribution in [2.45, 2.75) is 41.0 Å². The largest absolute Gasteiger partial charge is 0.355 e. The third-order valence-corrected chi connectivity index (χ3v) is 4.10. The zero-order chi connectivity index (χ0) is 15.6. The second-order valence-electron chi connectivity index (χ2n) is 5.87. The molecule has 0 unspecified atom stereocenters. The van der Waals surface area contributed by atoms with Crippen LogP contribution in [-0.2, 0) is 6.42 Å². The first-order valence-corrected chi connectivity index (χ1v) is 7.56. The maximum absolute atomic E-state index is 4.25. The van der Waals surface area contributed by atoms with Gasteiger partial charge in [-0.2, -0.15) is 0 Å². The van der Waals surface area contributed by atoms with Gasteiger partial charge in [-0.15, -0.1) is 0 Å². The number of nitrogens with one attached hydrogen (secondary N) is 1. The van der Waals surface area contributed by atoms with Crippen molar-refractivity contribution in [3.8, 4) is 0 Å². The van der Waals surface area contributed by atoms with E-state index >= 15 is 0 Å². The van der Waals surface area contributed by atoms with E-state index in [1.807, 2.05) is 0 Å². The third-order valence-electron chi connectivity index (χ3n) is 4.10. The maximum Gasteiger partial charge on any atom is 0.0416 e. The highest BCUT2D eigenvalue weighted by atomic mass is 14.9. The van der Waals surface area contributed by atoms with Crippen LogP contribution in [-0.4, -0.2) is 0 Å². The molecule has 21 heavy (non-hydrogen) atoms. The smallest absolute Gasteiger partial charge is 0.0416 e. The fourth-order valence-corrected chi connectivity index (χ4v) is 2.60. The summed E-state index contributed by atoms with van der Waals surface area (Å²) in [7, 11) is 0. The summed E-state index contributed by atoms with van der Waals surface area (Å²) >= 11 is 0. The molecule has 0 amide bonds. The normalized spacial score (nSPS) is 10.5. The molecule has 0 saturated heterocycles. The van der Waals surface area contributed by atoms with E-state index in [0.717, 1.165) is 17.8 Å².